The molecule has 0 fully saturated rings. The molecule has 0 heterocycles. The molecular weight excluding hydrogens is 230 g/mol. The van der Waals surface area contributed by atoms with Gasteiger partial charge in [0.15, 0.2) is 0 Å². The van der Waals surface area contributed by atoms with E-state index in [-0.39, 0.29) is 5.91 Å². The Morgan fingerprint density at radius 3 is 2.83 bits per heavy atom. The summed E-state index contributed by atoms with van der Waals surface area (Å²) >= 11 is 0. The van der Waals surface area contributed by atoms with Crippen LogP contribution < -0.4 is 5.32 Å². The zero-order chi connectivity index (χ0) is 13.4. The zero-order valence-electron chi connectivity index (χ0n) is 10.3. The Kier molecular flexibility index (Phi) is 5.64. The molecule has 1 rings (SSSR count). The smallest absolute Gasteiger partial charge is 0.328 e. The summed E-state index contributed by atoms with van der Waals surface area (Å²) in [6, 6.07) is 6.86. The normalized spacial score (nSPS) is 10.5. The van der Waals surface area contributed by atoms with Crippen LogP contribution >= 0.6 is 0 Å². The number of hydrogen-bond acceptors (Lipinski definition) is 2. The Morgan fingerprint density at radius 1 is 1.39 bits per heavy atom. The Hall–Kier alpha value is -2.10. The largest absolute Gasteiger partial charge is 0.478 e. The van der Waals surface area contributed by atoms with Crippen molar-refractivity contribution in [2.24, 2.45) is 0 Å². The molecule has 0 aliphatic heterocycles. The average molecular weight is 247 g/mol. The van der Waals surface area contributed by atoms with Crippen LogP contribution in [0.5, 0.6) is 0 Å². The predicted molar refractivity (Wildman–Crippen MR) is 70.4 cm³/mol. The van der Waals surface area contributed by atoms with Gasteiger partial charge in [-0.1, -0.05) is 25.5 Å². The van der Waals surface area contributed by atoms with Crippen LogP contribution in [0.2, 0.25) is 0 Å². The molecule has 96 valence electrons. The van der Waals surface area contributed by atoms with E-state index in [4.69, 9.17) is 5.11 Å². The number of carboxylic acids is 1. The van der Waals surface area contributed by atoms with Gasteiger partial charge in [0.25, 0.3) is 5.91 Å². The fourth-order valence-corrected chi connectivity index (χ4v) is 1.43. The first-order chi connectivity index (χ1) is 8.63. The van der Waals surface area contributed by atoms with Crippen LogP contribution in [0.25, 0.3) is 6.08 Å². The topological polar surface area (TPSA) is 66.4 Å². The van der Waals surface area contributed by atoms with Crippen LogP contribution in [-0.4, -0.2) is 23.5 Å². The Bertz CT molecular complexity index is 452. The highest BCUT2D eigenvalue weighted by Gasteiger charge is 2.04. The molecule has 0 bridgehead atoms. The quantitative estimate of drug-likeness (QED) is 0.599. The molecule has 4 heteroatoms. The molecule has 0 aliphatic rings. The third kappa shape index (κ3) is 4.82. The van der Waals surface area contributed by atoms with Crippen molar-refractivity contribution in [1.82, 2.24) is 5.32 Å². The van der Waals surface area contributed by atoms with E-state index in [0.717, 1.165) is 18.9 Å². The van der Waals surface area contributed by atoms with Gasteiger partial charge in [-0.25, -0.2) is 4.79 Å². The van der Waals surface area contributed by atoms with Gasteiger partial charge in [-0.3, -0.25) is 4.79 Å². The lowest BCUT2D eigenvalue weighted by atomic mass is 10.1. The van der Waals surface area contributed by atoms with Crippen molar-refractivity contribution < 1.29 is 14.7 Å². The molecule has 1 aromatic rings. The van der Waals surface area contributed by atoms with Gasteiger partial charge >= 0.3 is 5.97 Å². The van der Waals surface area contributed by atoms with Gasteiger partial charge in [-0.05, 0) is 30.2 Å². The van der Waals surface area contributed by atoms with Crippen molar-refractivity contribution in [1.29, 1.82) is 0 Å². The molecule has 2 N–H and O–H groups in total. The lowest BCUT2D eigenvalue weighted by molar-refractivity contribution is -0.131. The van der Waals surface area contributed by atoms with Crippen molar-refractivity contribution in [2.75, 3.05) is 6.54 Å². The van der Waals surface area contributed by atoms with E-state index >= 15 is 0 Å². The maximum Gasteiger partial charge on any atom is 0.328 e. The summed E-state index contributed by atoms with van der Waals surface area (Å²) < 4.78 is 0. The fraction of sp³-hybridized carbons (Fsp3) is 0.286. The number of nitrogens with one attached hydrogen (secondary N) is 1. The molecule has 0 saturated carbocycles. The van der Waals surface area contributed by atoms with Gasteiger partial charge in [0.2, 0.25) is 0 Å². The van der Waals surface area contributed by atoms with Crippen molar-refractivity contribution in [3.8, 4) is 0 Å². The second-order valence-corrected chi connectivity index (χ2v) is 3.91. The third-order valence-corrected chi connectivity index (χ3v) is 2.38. The Morgan fingerprint density at radius 2 is 2.17 bits per heavy atom. The van der Waals surface area contributed by atoms with Gasteiger partial charge in [0.1, 0.15) is 0 Å². The molecule has 0 spiro atoms. The maximum absolute atomic E-state index is 11.8. The number of benzene rings is 1. The van der Waals surface area contributed by atoms with E-state index in [0.29, 0.717) is 17.7 Å². The van der Waals surface area contributed by atoms with Crippen LogP contribution in [0.4, 0.5) is 0 Å². The van der Waals surface area contributed by atoms with E-state index in [1.807, 2.05) is 0 Å². The van der Waals surface area contributed by atoms with Crippen molar-refractivity contribution >= 4 is 18.0 Å². The van der Waals surface area contributed by atoms with Crippen molar-refractivity contribution in [2.45, 2.75) is 19.8 Å². The highest BCUT2D eigenvalue weighted by atomic mass is 16.4. The Labute approximate surface area is 106 Å². The van der Waals surface area contributed by atoms with Crippen LogP contribution in [0.15, 0.2) is 30.3 Å². The second-order valence-electron chi connectivity index (χ2n) is 3.91. The third-order valence-electron chi connectivity index (χ3n) is 2.38. The number of rotatable bonds is 6. The minimum atomic E-state index is -1.01. The van der Waals surface area contributed by atoms with Gasteiger partial charge in [0.05, 0.1) is 0 Å². The number of aliphatic carboxylic acids is 1. The van der Waals surface area contributed by atoms with Gasteiger partial charge in [0, 0.05) is 18.2 Å². The summed E-state index contributed by atoms with van der Waals surface area (Å²) in [6.45, 7) is 2.72. The molecule has 0 aliphatic carbocycles. The standard InChI is InChI=1S/C14H17NO3/c1-2-3-9-15-14(18)12-6-4-5-11(10-12)7-8-13(16)17/h4-8,10H,2-3,9H2,1H3,(H,15,18)(H,16,17)/b8-7+. The minimum Gasteiger partial charge on any atom is -0.478 e. The van der Waals surface area contributed by atoms with Crippen LogP contribution in [0.1, 0.15) is 35.7 Å². The van der Waals surface area contributed by atoms with Crippen molar-refractivity contribution in [3.05, 3.63) is 41.5 Å². The first-order valence-corrected chi connectivity index (χ1v) is 5.92. The predicted octanol–water partition coefficient (Wildman–Crippen LogP) is 2.31. The lowest BCUT2D eigenvalue weighted by Crippen LogP contribution is -2.24. The second kappa shape index (κ2) is 7.27. The van der Waals surface area contributed by atoms with E-state index in [2.05, 4.69) is 12.2 Å². The number of unbranched alkanes of at least 4 members (excludes halogenated alkanes) is 1. The number of hydrogen-bond donors (Lipinski definition) is 2. The minimum absolute atomic E-state index is 0.131. The van der Waals surface area contributed by atoms with Gasteiger partial charge in [-0.15, -0.1) is 0 Å². The molecule has 0 aromatic heterocycles. The summed E-state index contributed by atoms with van der Waals surface area (Å²) in [5.41, 5.74) is 1.24. The molecule has 1 aromatic carbocycles. The highest BCUT2D eigenvalue weighted by molar-refractivity contribution is 5.95. The average Bonchev–Trinajstić information content (AvgIpc) is 2.37. The van der Waals surface area contributed by atoms with E-state index in [1.165, 1.54) is 6.08 Å². The molecule has 0 unspecified atom stereocenters. The number of carboxylic acid groups (broad SMARTS) is 1. The summed E-state index contributed by atoms with van der Waals surface area (Å²) in [6.07, 6.45) is 4.49. The lowest BCUT2D eigenvalue weighted by Gasteiger charge is -2.04. The monoisotopic (exact) mass is 247 g/mol. The first-order valence-electron chi connectivity index (χ1n) is 5.92. The van der Waals surface area contributed by atoms with Gasteiger partial charge in [-0.2, -0.15) is 0 Å². The molecule has 4 nitrogen and oxygen atoms in total. The van der Waals surface area contributed by atoms with E-state index in [9.17, 15) is 9.59 Å². The number of carbonyl (C=O) groups excluding carboxylic acids is 1. The summed E-state index contributed by atoms with van der Waals surface area (Å²) in [7, 11) is 0. The number of carbonyl (C=O) groups is 2. The SMILES string of the molecule is CCCCNC(=O)c1cccc(/C=C/C(=O)O)c1. The van der Waals surface area contributed by atoms with Crippen LogP contribution in [0, 0.1) is 0 Å². The fourth-order valence-electron chi connectivity index (χ4n) is 1.43. The maximum atomic E-state index is 11.8. The molecule has 18 heavy (non-hydrogen) atoms. The number of amides is 1. The molecule has 0 saturated heterocycles. The summed E-state index contributed by atoms with van der Waals surface area (Å²) in [4.78, 5) is 22.2. The summed E-state index contributed by atoms with van der Waals surface area (Å²) in [5, 5.41) is 11.3. The van der Waals surface area contributed by atoms with E-state index in [1.54, 1.807) is 24.3 Å². The molecule has 0 atom stereocenters. The Balaban J connectivity index is 2.69. The van der Waals surface area contributed by atoms with Crippen molar-refractivity contribution in [3.63, 3.8) is 0 Å². The summed E-state index contributed by atoms with van der Waals surface area (Å²) in [5.74, 6) is -1.14. The van der Waals surface area contributed by atoms with Gasteiger partial charge < -0.3 is 10.4 Å². The van der Waals surface area contributed by atoms with E-state index < -0.39 is 5.97 Å². The van der Waals surface area contributed by atoms with Crippen LogP contribution in [-0.2, 0) is 4.79 Å². The molecular formula is C14H17NO3. The highest BCUT2D eigenvalue weighted by Crippen LogP contribution is 2.07. The first kappa shape index (κ1) is 14.0. The molecule has 0 radical (unpaired) electrons. The molecule has 1 amide bonds. The van der Waals surface area contributed by atoms with Crippen LogP contribution in [0.3, 0.4) is 0 Å². The zero-order valence-corrected chi connectivity index (χ0v) is 10.3.